The number of hydrogen-bond acceptors (Lipinski definition) is 3. The lowest BCUT2D eigenvalue weighted by Gasteiger charge is -2.14. The van der Waals surface area contributed by atoms with Crippen LogP contribution < -0.4 is 0 Å². The lowest BCUT2D eigenvalue weighted by Crippen LogP contribution is -2.17. The van der Waals surface area contributed by atoms with E-state index in [2.05, 4.69) is 29.2 Å². The molecule has 0 spiro atoms. The van der Waals surface area contributed by atoms with Crippen molar-refractivity contribution in [3.05, 3.63) is 35.4 Å². The minimum atomic E-state index is -3.76. The maximum Gasteiger partial charge on any atom is 0.264 e. The van der Waals surface area contributed by atoms with Gasteiger partial charge in [-0.1, -0.05) is 62.8 Å². The van der Waals surface area contributed by atoms with Crippen LogP contribution in [0.2, 0.25) is 0 Å². The number of fused-ring (bicyclic) bond motifs is 1. The molecule has 0 bridgehead atoms. The molecule has 0 saturated heterocycles. The summed E-state index contributed by atoms with van der Waals surface area (Å²) < 4.78 is 29.8. The summed E-state index contributed by atoms with van der Waals surface area (Å²) >= 11 is 0. The molecule has 0 unspecified atom stereocenters. The Labute approximate surface area is 140 Å². The summed E-state index contributed by atoms with van der Waals surface area (Å²) in [6, 6.07) is 8.71. The summed E-state index contributed by atoms with van der Waals surface area (Å²) in [5.41, 5.74) is 2.97. The van der Waals surface area contributed by atoms with E-state index >= 15 is 0 Å². The first kappa shape index (κ1) is 18.4. The third-order valence-corrected chi connectivity index (χ3v) is 5.34. The number of rotatable bonds is 11. The zero-order chi connectivity index (χ0) is 16.5. The Balaban J connectivity index is 1.41. The zero-order valence-corrected chi connectivity index (χ0v) is 14.7. The van der Waals surface area contributed by atoms with E-state index in [0.717, 1.165) is 25.9 Å². The molecular formula is C18H29NO3S. The van der Waals surface area contributed by atoms with Crippen molar-refractivity contribution in [2.75, 3.05) is 12.3 Å². The lowest BCUT2D eigenvalue weighted by molar-refractivity contribution is 0.276. The standard InChI is InChI=1S/C18H29NO3S/c20-23(21,22)14-10-6-4-2-1-3-5-9-13-19-15-17-11-7-8-12-18(17)16-19/h7-8,11-12H,1-6,9-10,13-16H2,(H,20,21,22). The van der Waals surface area contributed by atoms with Crippen molar-refractivity contribution >= 4 is 10.1 Å². The van der Waals surface area contributed by atoms with Gasteiger partial charge in [-0.05, 0) is 30.5 Å². The monoisotopic (exact) mass is 339 g/mol. The molecule has 1 aromatic rings. The lowest BCUT2D eigenvalue weighted by atomic mass is 10.1. The van der Waals surface area contributed by atoms with Gasteiger partial charge in [0.05, 0.1) is 5.75 Å². The van der Waals surface area contributed by atoms with Crippen LogP contribution in [-0.4, -0.2) is 30.2 Å². The van der Waals surface area contributed by atoms with Gasteiger partial charge in [-0.15, -0.1) is 0 Å². The summed E-state index contributed by atoms with van der Waals surface area (Å²) in [7, 11) is -3.76. The average molecular weight is 340 g/mol. The molecule has 1 aliphatic rings. The van der Waals surface area contributed by atoms with Gasteiger partial charge in [-0.25, -0.2) is 0 Å². The molecule has 0 amide bonds. The van der Waals surface area contributed by atoms with Crippen LogP contribution in [0.4, 0.5) is 0 Å². The summed E-state index contributed by atoms with van der Waals surface area (Å²) in [6.45, 7) is 3.39. The van der Waals surface area contributed by atoms with Crippen molar-refractivity contribution in [2.24, 2.45) is 0 Å². The van der Waals surface area contributed by atoms with Gasteiger partial charge in [-0.3, -0.25) is 9.45 Å². The average Bonchev–Trinajstić information content (AvgIpc) is 2.90. The van der Waals surface area contributed by atoms with Gasteiger partial charge in [0.15, 0.2) is 0 Å². The molecule has 0 radical (unpaired) electrons. The van der Waals surface area contributed by atoms with Crippen molar-refractivity contribution in [3.8, 4) is 0 Å². The predicted octanol–water partition coefficient (Wildman–Crippen LogP) is 4.01. The van der Waals surface area contributed by atoms with Gasteiger partial charge in [0.25, 0.3) is 10.1 Å². The fraction of sp³-hybridized carbons (Fsp3) is 0.667. The van der Waals surface area contributed by atoms with E-state index in [1.165, 1.54) is 49.8 Å². The van der Waals surface area contributed by atoms with Gasteiger partial charge in [-0.2, -0.15) is 8.42 Å². The normalized spacial score (nSPS) is 15.0. The topological polar surface area (TPSA) is 57.6 Å². The van der Waals surface area contributed by atoms with Crippen LogP contribution in [0.25, 0.3) is 0 Å². The highest BCUT2D eigenvalue weighted by atomic mass is 32.2. The van der Waals surface area contributed by atoms with Crippen LogP contribution in [0.1, 0.15) is 62.5 Å². The summed E-state index contributed by atoms with van der Waals surface area (Å²) in [5.74, 6) is -0.0920. The van der Waals surface area contributed by atoms with Gasteiger partial charge in [0.2, 0.25) is 0 Å². The Kier molecular flexibility index (Phi) is 7.53. The van der Waals surface area contributed by atoms with Crippen LogP contribution in [0, 0.1) is 0 Å². The molecule has 130 valence electrons. The largest absolute Gasteiger partial charge is 0.295 e. The predicted molar refractivity (Wildman–Crippen MR) is 93.9 cm³/mol. The molecule has 23 heavy (non-hydrogen) atoms. The second-order valence-corrected chi connectivity index (χ2v) is 8.17. The fourth-order valence-corrected chi connectivity index (χ4v) is 3.81. The third-order valence-electron chi connectivity index (χ3n) is 4.53. The molecular weight excluding hydrogens is 310 g/mol. The molecule has 1 N–H and O–H groups in total. The Morgan fingerprint density at radius 2 is 1.30 bits per heavy atom. The van der Waals surface area contributed by atoms with E-state index in [-0.39, 0.29) is 5.75 Å². The van der Waals surface area contributed by atoms with E-state index in [1.54, 1.807) is 0 Å². The van der Waals surface area contributed by atoms with Crippen molar-refractivity contribution in [1.29, 1.82) is 0 Å². The van der Waals surface area contributed by atoms with E-state index in [4.69, 9.17) is 4.55 Å². The van der Waals surface area contributed by atoms with Crippen LogP contribution in [0.5, 0.6) is 0 Å². The van der Waals surface area contributed by atoms with Gasteiger partial charge < -0.3 is 0 Å². The number of benzene rings is 1. The van der Waals surface area contributed by atoms with Crippen LogP contribution in [0.3, 0.4) is 0 Å². The second kappa shape index (κ2) is 9.40. The highest BCUT2D eigenvalue weighted by Gasteiger charge is 2.16. The third kappa shape index (κ3) is 7.46. The number of nitrogens with zero attached hydrogens (tertiary/aromatic N) is 1. The van der Waals surface area contributed by atoms with Gasteiger partial charge in [0.1, 0.15) is 0 Å². The van der Waals surface area contributed by atoms with Crippen molar-refractivity contribution in [2.45, 2.75) is 64.5 Å². The minimum Gasteiger partial charge on any atom is -0.295 e. The Morgan fingerprint density at radius 1 is 0.826 bits per heavy atom. The van der Waals surface area contributed by atoms with E-state index < -0.39 is 10.1 Å². The van der Waals surface area contributed by atoms with Gasteiger partial charge >= 0.3 is 0 Å². The summed E-state index contributed by atoms with van der Waals surface area (Å²) in [5, 5.41) is 0. The molecule has 0 saturated carbocycles. The quantitative estimate of drug-likeness (QED) is 0.489. The van der Waals surface area contributed by atoms with Crippen LogP contribution in [0.15, 0.2) is 24.3 Å². The van der Waals surface area contributed by atoms with Crippen LogP contribution in [-0.2, 0) is 23.2 Å². The molecule has 5 heteroatoms. The second-order valence-electron chi connectivity index (χ2n) is 6.59. The minimum absolute atomic E-state index is 0.0920. The fourth-order valence-electron chi connectivity index (χ4n) is 3.24. The van der Waals surface area contributed by atoms with Crippen molar-refractivity contribution in [1.82, 2.24) is 4.90 Å². The van der Waals surface area contributed by atoms with Crippen molar-refractivity contribution in [3.63, 3.8) is 0 Å². The first-order valence-electron chi connectivity index (χ1n) is 8.79. The summed E-state index contributed by atoms with van der Waals surface area (Å²) in [4.78, 5) is 2.53. The molecule has 0 aromatic heterocycles. The molecule has 2 rings (SSSR count). The Morgan fingerprint density at radius 3 is 1.83 bits per heavy atom. The molecule has 0 aliphatic carbocycles. The number of unbranched alkanes of at least 4 members (excludes halogenated alkanes) is 7. The summed E-state index contributed by atoms with van der Waals surface area (Å²) in [6.07, 6.45) is 8.73. The maximum absolute atomic E-state index is 10.6. The first-order valence-corrected chi connectivity index (χ1v) is 10.4. The highest BCUT2D eigenvalue weighted by molar-refractivity contribution is 7.85. The van der Waals surface area contributed by atoms with Gasteiger partial charge in [0, 0.05) is 13.1 Å². The van der Waals surface area contributed by atoms with E-state index in [0.29, 0.717) is 6.42 Å². The van der Waals surface area contributed by atoms with E-state index in [9.17, 15) is 8.42 Å². The Hall–Kier alpha value is -0.910. The SMILES string of the molecule is O=S(=O)(O)CCCCCCCCCCN1Cc2ccccc2C1. The van der Waals surface area contributed by atoms with Crippen LogP contribution >= 0.6 is 0 Å². The zero-order valence-electron chi connectivity index (χ0n) is 13.9. The maximum atomic E-state index is 10.6. The van der Waals surface area contributed by atoms with Crippen molar-refractivity contribution < 1.29 is 13.0 Å². The van der Waals surface area contributed by atoms with E-state index in [1.807, 2.05) is 0 Å². The first-order chi connectivity index (χ1) is 11.0. The molecule has 1 aromatic carbocycles. The smallest absolute Gasteiger partial charge is 0.264 e. The molecule has 0 fully saturated rings. The molecule has 1 aliphatic heterocycles. The molecule has 1 heterocycles. The Bertz CT molecular complexity index is 546. The number of hydrogen-bond donors (Lipinski definition) is 1. The molecule has 4 nitrogen and oxygen atoms in total. The highest BCUT2D eigenvalue weighted by Crippen LogP contribution is 2.22. The molecule has 0 atom stereocenters.